The summed E-state index contributed by atoms with van der Waals surface area (Å²) in [6.07, 6.45) is 6.87. The van der Waals surface area contributed by atoms with Crippen LogP contribution in [0.4, 0.5) is 0 Å². The van der Waals surface area contributed by atoms with Gasteiger partial charge in [-0.3, -0.25) is 0 Å². The Morgan fingerprint density at radius 2 is 2.10 bits per heavy atom. The molecule has 0 aliphatic heterocycles. The van der Waals surface area contributed by atoms with E-state index >= 15 is 0 Å². The van der Waals surface area contributed by atoms with Crippen molar-refractivity contribution < 1.29 is 5.11 Å². The Morgan fingerprint density at radius 1 is 1.40 bits per heavy atom. The van der Waals surface area contributed by atoms with Crippen LogP contribution >= 0.6 is 0 Å². The first-order valence-electron chi connectivity index (χ1n) is 3.90. The van der Waals surface area contributed by atoms with Crippen molar-refractivity contribution in [2.75, 3.05) is 19.7 Å². The molecule has 2 heteroatoms. The van der Waals surface area contributed by atoms with E-state index in [9.17, 15) is 0 Å². The van der Waals surface area contributed by atoms with Crippen molar-refractivity contribution in [2.45, 2.75) is 12.8 Å². The molecule has 0 aromatic heterocycles. The van der Waals surface area contributed by atoms with E-state index in [1.807, 2.05) is 0 Å². The molecule has 2 N–H and O–H groups in total. The highest BCUT2D eigenvalue weighted by molar-refractivity contribution is 4.94. The lowest BCUT2D eigenvalue weighted by Gasteiger charge is -2.08. The van der Waals surface area contributed by atoms with Crippen LogP contribution in [0.2, 0.25) is 0 Å². The Morgan fingerprint density at radius 3 is 2.70 bits per heavy atom. The summed E-state index contributed by atoms with van der Waals surface area (Å²) >= 11 is 0. The van der Waals surface area contributed by atoms with Crippen LogP contribution in [-0.2, 0) is 0 Å². The molecule has 0 saturated heterocycles. The van der Waals surface area contributed by atoms with Gasteiger partial charge in [0, 0.05) is 6.54 Å². The van der Waals surface area contributed by atoms with Crippen molar-refractivity contribution in [3.8, 4) is 0 Å². The van der Waals surface area contributed by atoms with E-state index < -0.39 is 0 Å². The Labute approximate surface area is 61.9 Å². The molecular formula is C8H15NO. The standard InChI is InChI=1S/C8H15NO/c10-6-5-9-7-8-3-1-2-4-8/h1-2,8-10H,3-7H2. The smallest absolute Gasteiger partial charge is 0.0555 e. The minimum absolute atomic E-state index is 0.250. The second-order valence-corrected chi connectivity index (χ2v) is 2.74. The molecule has 58 valence electrons. The topological polar surface area (TPSA) is 32.3 Å². The molecule has 1 rings (SSSR count). The van der Waals surface area contributed by atoms with Crippen LogP contribution in [0.1, 0.15) is 12.8 Å². The van der Waals surface area contributed by atoms with E-state index in [4.69, 9.17) is 5.11 Å². The predicted octanol–water partition coefficient (Wildman–Crippen LogP) is 0.534. The molecule has 2 nitrogen and oxygen atoms in total. The number of rotatable bonds is 4. The van der Waals surface area contributed by atoms with Gasteiger partial charge in [0.05, 0.1) is 6.61 Å². The van der Waals surface area contributed by atoms with Gasteiger partial charge in [0.1, 0.15) is 0 Å². The number of allylic oxidation sites excluding steroid dienone is 2. The minimum atomic E-state index is 0.250. The summed E-state index contributed by atoms with van der Waals surface area (Å²) in [5.41, 5.74) is 0. The molecule has 0 saturated carbocycles. The van der Waals surface area contributed by atoms with Crippen molar-refractivity contribution in [2.24, 2.45) is 5.92 Å². The number of hydrogen-bond donors (Lipinski definition) is 2. The maximum absolute atomic E-state index is 8.46. The van der Waals surface area contributed by atoms with Gasteiger partial charge in [0.15, 0.2) is 0 Å². The monoisotopic (exact) mass is 141 g/mol. The largest absolute Gasteiger partial charge is 0.395 e. The third-order valence-electron chi connectivity index (χ3n) is 1.83. The quantitative estimate of drug-likeness (QED) is 0.442. The molecule has 0 heterocycles. The molecule has 0 bridgehead atoms. The lowest BCUT2D eigenvalue weighted by Crippen LogP contribution is -2.24. The van der Waals surface area contributed by atoms with Crippen molar-refractivity contribution in [1.82, 2.24) is 5.32 Å². The molecule has 0 aromatic rings. The van der Waals surface area contributed by atoms with Crippen LogP contribution in [0.25, 0.3) is 0 Å². The summed E-state index contributed by atoms with van der Waals surface area (Å²) in [6.45, 7) is 2.03. The van der Waals surface area contributed by atoms with Gasteiger partial charge in [0.25, 0.3) is 0 Å². The van der Waals surface area contributed by atoms with E-state index in [1.54, 1.807) is 0 Å². The van der Waals surface area contributed by atoms with Gasteiger partial charge >= 0.3 is 0 Å². The summed E-state index contributed by atoms with van der Waals surface area (Å²) in [7, 11) is 0. The fourth-order valence-electron chi connectivity index (χ4n) is 1.23. The Bertz CT molecular complexity index is 104. The molecule has 0 amide bonds. The van der Waals surface area contributed by atoms with Gasteiger partial charge in [-0.15, -0.1) is 0 Å². The highest BCUT2D eigenvalue weighted by Gasteiger charge is 2.08. The first kappa shape index (κ1) is 7.76. The zero-order valence-electron chi connectivity index (χ0n) is 6.21. The predicted molar refractivity (Wildman–Crippen MR) is 41.8 cm³/mol. The maximum Gasteiger partial charge on any atom is 0.0555 e. The Balaban J connectivity index is 1.93. The normalized spacial score (nSPS) is 18.5. The fraction of sp³-hybridized carbons (Fsp3) is 0.750. The van der Waals surface area contributed by atoms with Gasteiger partial charge in [-0.05, 0) is 25.3 Å². The number of hydrogen-bond acceptors (Lipinski definition) is 2. The molecule has 0 fully saturated rings. The molecule has 0 radical (unpaired) electrons. The fourth-order valence-corrected chi connectivity index (χ4v) is 1.23. The van der Waals surface area contributed by atoms with Crippen LogP contribution in [0.3, 0.4) is 0 Å². The minimum Gasteiger partial charge on any atom is -0.395 e. The number of aliphatic hydroxyl groups is 1. The molecule has 0 aromatic carbocycles. The summed E-state index contributed by atoms with van der Waals surface area (Å²) in [5.74, 6) is 0.784. The average Bonchev–Trinajstić information content (AvgIpc) is 2.41. The third-order valence-corrected chi connectivity index (χ3v) is 1.83. The highest BCUT2D eigenvalue weighted by Crippen LogP contribution is 2.15. The molecule has 0 unspecified atom stereocenters. The molecule has 0 atom stereocenters. The Kier molecular flexibility index (Phi) is 3.47. The molecule has 1 aliphatic rings. The summed E-state index contributed by atoms with van der Waals surface area (Å²) in [5, 5.41) is 11.6. The first-order chi connectivity index (χ1) is 4.93. The van der Waals surface area contributed by atoms with Gasteiger partial charge in [-0.1, -0.05) is 12.2 Å². The maximum atomic E-state index is 8.46. The van der Waals surface area contributed by atoms with Crippen LogP contribution in [-0.4, -0.2) is 24.8 Å². The number of aliphatic hydroxyl groups excluding tert-OH is 1. The van der Waals surface area contributed by atoms with Gasteiger partial charge in [0.2, 0.25) is 0 Å². The van der Waals surface area contributed by atoms with Crippen molar-refractivity contribution >= 4 is 0 Å². The zero-order chi connectivity index (χ0) is 7.23. The number of nitrogens with one attached hydrogen (secondary N) is 1. The van der Waals surface area contributed by atoms with E-state index in [-0.39, 0.29) is 6.61 Å². The van der Waals surface area contributed by atoms with E-state index in [1.165, 1.54) is 12.8 Å². The molecule has 1 aliphatic carbocycles. The average molecular weight is 141 g/mol. The van der Waals surface area contributed by atoms with Crippen LogP contribution < -0.4 is 5.32 Å². The van der Waals surface area contributed by atoms with E-state index in [2.05, 4.69) is 17.5 Å². The van der Waals surface area contributed by atoms with Gasteiger partial charge in [-0.25, -0.2) is 0 Å². The summed E-state index contributed by atoms with van der Waals surface area (Å²) in [4.78, 5) is 0. The Hall–Kier alpha value is -0.340. The zero-order valence-corrected chi connectivity index (χ0v) is 6.21. The van der Waals surface area contributed by atoms with E-state index in [0.29, 0.717) is 0 Å². The lowest BCUT2D eigenvalue weighted by atomic mass is 10.1. The summed E-state index contributed by atoms with van der Waals surface area (Å²) < 4.78 is 0. The van der Waals surface area contributed by atoms with E-state index in [0.717, 1.165) is 19.0 Å². The second-order valence-electron chi connectivity index (χ2n) is 2.74. The first-order valence-corrected chi connectivity index (χ1v) is 3.90. The molecular weight excluding hydrogens is 126 g/mol. The third kappa shape index (κ3) is 2.50. The van der Waals surface area contributed by atoms with Crippen molar-refractivity contribution in [3.05, 3.63) is 12.2 Å². The summed E-state index contributed by atoms with van der Waals surface area (Å²) in [6, 6.07) is 0. The van der Waals surface area contributed by atoms with Crippen LogP contribution in [0, 0.1) is 5.92 Å². The molecule has 0 spiro atoms. The molecule has 10 heavy (non-hydrogen) atoms. The van der Waals surface area contributed by atoms with Crippen LogP contribution in [0.5, 0.6) is 0 Å². The van der Waals surface area contributed by atoms with Crippen molar-refractivity contribution in [1.29, 1.82) is 0 Å². The SMILES string of the molecule is OCCNCC1CC=CC1. The van der Waals surface area contributed by atoms with Crippen molar-refractivity contribution in [3.63, 3.8) is 0 Å². The second kappa shape index (κ2) is 4.47. The lowest BCUT2D eigenvalue weighted by molar-refractivity contribution is 0.288. The highest BCUT2D eigenvalue weighted by atomic mass is 16.3. The van der Waals surface area contributed by atoms with Gasteiger partial charge < -0.3 is 10.4 Å². The van der Waals surface area contributed by atoms with Gasteiger partial charge in [-0.2, -0.15) is 0 Å². The van der Waals surface area contributed by atoms with Crippen LogP contribution in [0.15, 0.2) is 12.2 Å².